The summed E-state index contributed by atoms with van der Waals surface area (Å²) in [6, 6.07) is 6.32. The summed E-state index contributed by atoms with van der Waals surface area (Å²) in [7, 11) is -3.46. The van der Waals surface area contributed by atoms with E-state index in [-0.39, 0.29) is 16.7 Å². The summed E-state index contributed by atoms with van der Waals surface area (Å²) >= 11 is 0. The molecule has 0 aromatic heterocycles. The molecule has 3 rings (SSSR count). The highest BCUT2D eigenvalue weighted by molar-refractivity contribution is 7.89. The molecule has 2 bridgehead atoms. The van der Waals surface area contributed by atoms with Crippen LogP contribution in [0.1, 0.15) is 26.2 Å². The normalized spacial score (nSPS) is 25.7. The van der Waals surface area contributed by atoms with Crippen LogP contribution in [0.15, 0.2) is 41.3 Å². The number of rotatable bonds is 6. The van der Waals surface area contributed by atoms with Crippen molar-refractivity contribution < 1.29 is 13.2 Å². The predicted octanol–water partition coefficient (Wildman–Crippen LogP) is 2.53. The molecule has 1 fully saturated rings. The van der Waals surface area contributed by atoms with Crippen LogP contribution in [0.5, 0.6) is 0 Å². The molecular formula is C17H22N2O3S. The Kier molecular flexibility index (Phi) is 4.55. The summed E-state index contributed by atoms with van der Waals surface area (Å²) in [5.74, 6) is 0.979. The molecule has 23 heavy (non-hydrogen) atoms. The van der Waals surface area contributed by atoms with Crippen LogP contribution in [0, 0.1) is 17.8 Å². The molecule has 0 unspecified atom stereocenters. The molecular weight excluding hydrogens is 312 g/mol. The lowest BCUT2D eigenvalue weighted by atomic mass is 9.93. The van der Waals surface area contributed by atoms with Gasteiger partial charge in [0.25, 0.3) is 0 Å². The van der Waals surface area contributed by atoms with E-state index in [0.717, 1.165) is 19.3 Å². The highest BCUT2D eigenvalue weighted by Crippen LogP contribution is 2.43. The summed E-state index contributed by atoms with van der Waals surface area (Å²) in [6.07, 6.45) is 7.09. The molecule has 2 aliphatic carbocycles. The molecule has 1 aromatic carbocycles. The molecule has 0 aliphatic heterocycles. The van der Waals surface area contributed by atoms with Gasteiger partial charge in [-0.2, -0.15) is 0 Å². The Balaban J connectivity index is 1.64. The third-order valence-corrected chi connectivity index (χ3v) is 6.07. The number of carbonyl (C=O) groups excluding carboxylic acids is 1. The highest BCUT2D eigenvalue weighted by Gasteiger charge is 2.39. The molecule has 0 radical (unpaired) electrons. The van der Waals surface area contributed by atoms with Crippen molar-refractivity contribution in [2.75, 3.05) is 11.9 Å². The number of anilines is 1. The van der Waals surface area contributed by atoms with E-state index in [1.807, 2.05) is 6.92 Å². The lowest BCUT2D eigenvalue weighted by Crippen LogP contribution is -2.26. The number of hydrogen-bond donors (Lipinski definition) is 2. The smallest absolute Gasteiger partial charge is 0.240 e. The Morgan fingerprint density at radius 1 is 1.17 bits per heavy atom. The Hall–Kier alpha value is -1.66. The van der Waals surface area contributed by atoms with Crippen LogP contribution < -0.4 is 10.0 Å². The summed E-state index contributed by atoms with van der Waals surface area (Å²) in [5, 5.41) is 2.90. The van der Waals surface area contributed by atoms with Crippen LogP contribution >= 0.6 is 0 Å². The quantitative estimate of drug-likeness (QED) is 0.785. The van der Waals surface area contributed by atoms with Gasteiger partial charge in [0, 0.05) is 18.2 Å². The van der Waals surface area contributed by atoms with Crippen molar-refractivity contribution in [1.82, 2.24) is 4.72 Å². The van der Waals surface area contributed by atoms with E-state index in [1.54, 1.807) is 12.1 Å². The van der Waals surface area contributed by atoms with Gasteiger partial charge in [0.1, 0.15) is 0 Å². The first kappa shape index (κ1) is 16.2. The lowest BCUT2D eigenvalue weighted by molar-refractivity contribution is -0.120. The monoisotopic (exact) mass is 334 g/mol. The molecule has 3 atom stereocenters. The fourth-order valence-corrected chi connectivity index (χ4v) is 4.49. The number of fused-ring (bicyclic) bond motifs is 2. The Labute approximate surface area is 137 Å². The number of nitrogens with one attached hydrogen (secondary N) is 2. The van der Waals surface area contributed by atoms with Crippen LogP contribution in [-0.4, -0.2) is 20.9 Å². The average Bonchev–Trinajstić information content (AvgIpc) is 3.16. The van der Waals surface area contributed by atoms with Gasteiger partial charge in [-0.3, -0.25) is 4.79 Å². The van der Waals surface area contributed by atoms with E-state index >= 15 is 0 Å². The average molecular weight is 334 g/mol. The first-order valence-corrected chi connectivity index (χ1v) is 9.57. The third kappa shape index (κ3) is 3.48. The first-order chi connectivity index (χ1) is 11.0. The van der Waals surface area contributed by atoms with Gasteiger partial charge in [0.15, 0.2) is 0 Å². The van der Waals surface area contributed by atoms with Gasteiger partial charge in [-0.25, -0.2) is 13.1 Å². The first-order valence-electron chi connectivity index (χ1n) is 8.08. The molecule has 1 aromatic rings. The van der Waals surface area contributed by atoms with Crippen molar-refractivity contribution >= 4 is 21.6 Å². The van der Waals surface area contributed by atoms with E-state index in [4.69, 9.17) is 0 Å². The maximum Gasteiger partial charge on any atom is 0.240 e. The van der Waals surface area contributed by atoms with E-state index in [2.05, 4.69) is 22.2 Å². The van der Waals surface area contributed by atoms with Gasteiger partial charge >= 0.3 is 0 Å². The molecule has 0 spiro atoms. The third-order valence-electron chi connectivity index (χ3n) is 4.59. The standard InChI is InChI=1S/C17H22N2O3S/c1-2-9-18-23(21,22)15-7-5-14(6-8-15)19-17(20)16-11-12-3-4-13(16)10-12/h3-8,12-13,16,18H,2,9-11H2,1H3,(H,19,20)/t12-,13-,16+/m0/s1. The fourth-order valence-electron chi connectivity index (χ4n) is 3.35. The Bertz CT molecular complexity index is 710. The second kappa shape index (κ2) is 6.45. The van der Waals surface area contributed by atoms with Crippen LogP contribution in [-0.2, 0) is 14.8 Å². The van der Waals surface area contributed by atoms with E-state index in [1.165, 1.54) is 12.1 Å². The largest absolute Gasteiger partial charge is 0.326 e. The minimum absolute atomic E-state index is 0.0292. The number of hydrogen-bond acceptors (Lipinski definition) is 3. The van der Waals surface area contributed by atoms with Crippen molar-refractivity contribution in [2.45, 2.75) is 31.1 Å². The summed E-state index contributed by atoms with van der Waals surface area (Å²) in [5.41, 5.74) is 0.635. The van der Waals surface area contributed by atoms with Crippen molar-refractivity contribution in [3.63, 3.8) is 0 Å². The summed E-state index contributed by atoms with van der Waals surface area (Å²) in [6.45, 7) is 2.32. The van der Waals surface area contributed by atoms with E-state index in [0.29, 0.717) is 24.1 Å². The zero-order chi connectivity index (χ0) is 16.4. The number of sulfonamides is 1. The number of amides is 1. The fraction of sp³-hybridized carbons (Fsp3) is 0.471. The molecule has 5 nitrogen and oxygen atoms in total. The lowest BCUT2D eigenvalue weighted by Gasteiger charge is -2.17. The van der Waals surface area contributed by atoms with Crippen LogP contribution in [0.2, 0.25) is 0 Å². The van der Waals surface area contributed by atoms with E-state index < -0.39 is 10.0 Å². The molecule has 2 N–H and O–H groups in total. The Morgan fingerprint density at radius 2 is 1.91 bits per heavy atom. The van der Waals surface area contributed by atoms with Crippen LogP contribution in [0.25, 0.3) is 0 Å². The minimum Gasteiger partial charge on any atom is -0.326 e. The topological polar surface area (TPSA) is 75.3 Å². The number of carbonyl (C=O) groups is 1. The maximum absolute atomic E-state index is 12.4. The number of benzene rings is 1. The van der Waals surface area contributed by atoms with Crippen molar-refractivity contribution in [3.05, 3.63) is 36.4 Å². The van der Waals surface area contributed by atoms with Crippen molar-refractivity contribution in [2.24, 2.45) is 17.8 Å². The Morgan fingerprint density at radius 3 is 2.48 bits per heavy atom. The molecule has 0 saturated heterocycles. The summed E-state index contributed by atoms with van der Waals surface area (Å²) < 4.78 is 26.6. The molecule has 124 valence electrons. The van der Waals surface area contributed by atoms with Gasteiger partial charge < -0.3 is 5.32 Å². The molecule has 1 amide bonds. The maximum atomic E-state index is 12.4. The summed E-state index contributed by atoms with van der Waals surface area (Å²) in [4.78, 5) is 12.6. The second-order valence-electron chi connectivity index (χ2n) is 6.30. The van der Waals surface area contributed by atoms with Crippen LogP contribution in [0.4, 0.5) is 5.69 Å². The van der Waals surface area contributed by atoms with Gasteiger partial charge in [-0.05, 0) is 55.4 Å². The van der Waals surface area contributed by atoms with E-state index in [9.17, 15) is 13.2 Å². The molecule has 1 saturated carbocycles. The molecule has 6 heteroatoms. The second-order valence-corrected chi connectivity index (χ2v) is 8.07. The highest BCUT2D eigenvalue weighted by atomic mass is 32.2. The van der Waals surface area contributed by atoms with Crippen molar-refractivity contribution in [1.29, 1.82) is 0 Å². The minimum atomic E-state index is -3.46. The van der Waals surface area contributed by atoms with Gasteiger partial charge in [-0.1, -0.05) is 19.1 Å². The van der Waals surface area contributed by atoms with Crippen LogP contribution in [0.3, 0.4) is 0 Å². The molecule has 2 aliphatic rings. The van der Waals surface area contributed by atoms with Crippen molar-refractivity contribution in [3.8, 4) is 0 Å². The van der Waals surface area contributed by atoms with Gasteiger partial charge in [0.2, 0.25) is 15.9 Å². The predicted molar refractivity (Wildman–Crippen MR) is 89.4 cm³/mol. The van der Waals surface area contributed by atoms with Gasteiger partial charge in [0.05, 0.1) is 4.90 Å². The van der Waals surface area contributed by atoms with Gasteiger partial charge in [-0.15, -0.1) is 0 Å². The zero-order valence-electron chi connectivity index (χ0n) is 13.2. The molecule has 0 heterocycles. The number of allylic oxidation sites excluding steroid dienone is 2. The SMILES string of the molecule is CCCNS(=O)(=O)c1ccc(NC(=O)[C@@H]2C[C@H]3C=C[C@H]2C3)cc1. The zero-order valence-corrected chi connectivity index (χ0v) is 14.0.